The second-order valence-corrected chi connectivity index (χ2v) is 10.1. The van der Waals surface area contributed by atoms with Crippen LogP contribution in [0.4, 0.5) is 11.8 Å². The molecule has 0 radical (unpaired) electrons. The van der Waals surface area contributed by atoms with Crippen molar-refractivity contribution in [2.45, 2.75) is 39.2 Å². The second-order valence-electron chi connectivity index (χ2n) is 10.1. The maximum absolute atomic E-state index is 12.6. The minimum Gasteiger partial charge on any atom is -0.340 e. The third kappa shape index (κ3) is 4.91. The topological polar surface area (TPSA) is 103 Å². The van der Waals surface area contributed by atoms with E-state index in [0.717, 1.165) is 73.0 Å². The monoisotopic (exact) mass is 496 g/mol. The highest BCUT2D eigenvalue weighted by atomic mass is 16.2. The fraction of sp³-hybridized carbons (Fsp3) is 0.393. The molecule has 1 saturated carbocycles. The summed E-state index contributed by atoms with van der Waals surface area (Å²) in [6.45, 7) is 7.52. The Morgan fingerprint density at radius 3 is 2.59 bits per heavy atom. The average molecular weight is 497 g/mol. The van der Waals surface area contributed by atoms with Crippen molar-refractivity contribution in [2.75, 3.05) is 31.5 Å². The van der Waals surface area contributed by atoms with E-state index in [1.54, 1.807) is 6.20 Å². The van der Waals surface area contributed by atoms with Crippen molar-refractivity contribution >= 4 is 28.7 Å². The van der Waals surface area contributed by atoms with E-state index >= 15 is 0 Å². The lowest BCUT2D eigenvalue weighted by Crippen LogP contribution is -2.51. The summed E-state index contributed by atoms with van der Waals surface area (Å²) in [6.07, 6.45) is 6.94. The van der Waals surface area contributed by atoms with Gasteiger partial charge in [0.05, 0.1) is 16.7 Å². The number of carbonyl (C=O) groups is 1. The number of nitrogens with one attached hydrogen (secondary N) is 2. The molecule has 1 aromatic carbocycles. The summed E-state index contributed by atoms with van der Waals surface area (Å²) in [5.41, 5.74) is 4.88. The largest absolute Gasteiger partial charge is 0.340 e. The molecule has 0 spiro atoms. The first kappa shape index (κ1) is 23.5. The number of hydrogen-bond acceptors (Lipinski definition) is 7. The molecule has 9 heteroatoms. The van der Waals surface area contributed by atoms with Gasteiger partial charge < -0.3 is 15.2 Å². The van der Waals surface area contributed by atoms with Crippen LogP contribution in [0.1, 0.15) is 43.6 Å². The number of benzene rings is 1. The van der Waals surface area contributed by atoms with Crippen LogP contribution in [0.3, 0.4) is 0 Å². The van der Waals surface area contributed by atoms with Gasteiger partial charge in [-0.1, -0.05) is 12.5 Å². The predicted octanol–water partition coefficient (Wildman–Crippen LogP) is 4.47. The highest BCUT2D eigenvalue weighted by Crippen LogP contribution is 2.30. The van der Waals surface area contributed by atoms with Crippen molar-refractivity contribution < 1.29 is 4.79 Å². The number of anilines is 2. The van der Waals surface area contributed by atoms with E-state index in [9.17, 15) is 4.79 Å². The number of aromatic amines is 1. The molecule has 2 fully saturated rings. The third-order valence-electron chi connectivity index (χ3n) is 7.69. The number of aromatic nitrogens is 5. The van der Waals surface area contributed by atoms with Crippen molar-refractivity contribution in [1.82, 2.24) is 34.7 Å². The Kier molecular flexibility index (Phi) is 6.30. The van der Waals surface area contributed by atoms with Crippen molar-refractivity contribution in [3.8, 4) is 11.3 Å². The molecule has 1 saturated heterocycles. The Labute approximate surface area is 216 Å². The summed E-state index contributed by atoms with van der Waals surface area (Å²) in [7, 11) is 0. The highest BCUT2D eigenvalue weighted by molar-refractivity contribution is 5.83. The van der Waals surface area contributed by atoms with Gasteiger partial charge in [0.1, 0.15) is 11.6 Å². The van der Waals surface area contributed by atoms with Crippen molar-refractivity contribution in [3.63, 3.8) is 0 Å². The van der Waals surface area contributed by atoms with E-state index < -0.39 is 0 Å². The van der Waals surface area contributed by atoms with Crippen molar-refractivity contribution in [2.24, 2.45) is 5.92 Å². The Hall–Kier alpha value is -3.85. The van der Waals surface area contributed by atoms with Gasteiger partial charge in [0.25, 0.3) is 0 Å². The lowest BCUT2D eigenvalue weighted by atomic mass is 9.84. The maximum atomic E-state index is 12.6. The molecule has 1 aliphatic carbocycles. The Bertz CT molecular complexity index is 1420. The van der Waals surface area contributed by atoms with Crippen LogP contribution < -0.4 is 5.32 Å². The smallest absolute Gasteiger partial charge is 0.225 e. The standard InChI is InChI=1S/C28H32N8O/c1-18(35-12-14-36(15-13-35)27(37)20-4-3-5-20)21-8-10-30-26(17-21)34-28-32-24-7-6-22(16-25(24)33-28)23-9-11-29-19(2)31-23/h6-11,16-18,20H,3-5,12-15H2,1-2H3,(H2,30,32,33,34)/t18-/m0/s1. The van der Waals surface area contributed by atoms with E-state index in [0.29, 0.717) is 11.9 Å². The minimum atomic E-state index is 0.235. The molecular weight excluding hydrogens is 464 g/mol. The number of aryl methyl sites for hydroxylation is 1. The number of amides is 1. The van der Waals surface area contributed by atoms with Crippen LogP contribution in [0, 0.1) is 12.8 Å². The summed E-state index contributed by atoms with van der Waals surface area (Å²) in [5, 5.41) is 3.33. The number of fused-ring (bicyclic) bond motifs is 1. The third-order valence-corrected chi connectivity index (χ3v) is 7.69. The fourth-order valence-corrected chi connectivity index (χ4v) is 5.20. The molecule has 1 atom stereocenters. The molecule has 2 aliphatic rings. The molecule has 2 N–H and O–H groups in total. The van der Waals surface area contributed by atoms with Gasteiger partial charge in [-0.3, -0.25) is 9.69 Å². The molecular formula is C28H32N8O. The number of hydrogen-bond donors (Lipinski definition) is 2. The van der Waals surface area contributed by atoms with Gasteiger partial charge >= 0.3 is 0 Å². The first-order valence-electron chi connectivity index (χ1n) is 13.1. The Morgan fingerprint density at radius 2 is 1.84 bits per heavy atom. The molecule has 0 bridgehead atoms. The molecule has 190 valence electrons. The number of nitrogens with zero attached hydrogens (tertiary/aromatic N) is 6. The SMILES string of the molecule is Cc1nccc(-c2ccc3nc(Nc4cc([C@H](C)N5CCN(C(=O)C6CCC6)CC5)ccn4)[nH]c3c2)n1. The van der Waals surface area contributed by atoms with E-state index in [1.807, 2.05) is 31.3 Å². The number of imidazole rings is 1. The minimum absolute atomic E-state index is 0.235. The van der Waals surface area contributed by atoms with Crippen LogP contribution in [-0.4, -0.2) is 66.8 Å². The summed E-state index contributed by atoms with van der Waals surface area (Å²) >= 11 is 0. The molecule has 9 nitrogen and oxygen atoms in total. The van der Waals surface area contributed by atoms with Crippen molar-refractivity contribution in [3.05, 3.63) is 60.2 Å². The van der Waals surface area contributed by atoms with Gasteiger partial charge in [0, 0.05) is 56.1 Å². The van der Waals surface area contributed by atoms with Crippen LogP contribution in [0.15, 0.2) is 48.8 Å². The van der Waals surface area contributed by atoms with E-state index in [2.05, 4.69) is 65.2 Å². The van der Waals surface area contributed by atoms with Gasteiger partial charge in [-0.2, -0.15) is 0 Å². The molecule has 0 unspecified atom stereocenters. The maximum Gasteiger partial charge on any atom is 0.225 e. The fourth-order valence-electron chi connectivity index (χ4n) is 5.20. The number of piperazine rings is 1. The van der Waals surface area contributed by atoms with Crippen LogP contribution in [0.25, 0.3) is 22.3 Å². The van der Waals surface area contributed by atoms with Crippen LogP contribution in [-0.2, 0) is 4.79 Å². The van der Waals surface area contributed by atoms with Crippen LogP contribution in [0.2, 0.25) is 0 Å². The predicted molar refractivity (Wildman–Crippen MR) is 143 cm³/mol. The number of H-pyrrole nitrogens is 1. The summed E-state index contributed by atoms with van der Waals surface area (Å²) in [4.78, 5) is 38.4. The molecule has 3 aromatic heterocycles. The summed E-state index contributed by atoms with van der Waals surface area (Å²) in [6, 6.07) is 12.4. The lowest BCUT2D eigenvalue weighted by molar-refractivity contribution is -0.140. The highest BCUT2D eigenvalue weighted by Gasteiger charge is 2.32. The quantitative estimate of drug-likeness (QED) is 0.406. The van der Waals surface area contributed by atoms with E-state index in [1.165, 1.54) is 12.0 Å². The van der Waals surface area contributed by atoms with Crippen molar-refractivity contribution in [1.29, 1.82) is 0 Å². The Balaban J connectivity index is 1.12. The molecule has 4 aromatic rings. The second kappa shape index (κ2) is 9.89. The van der Waals surface area contributed by atoms with E-state index in [-0.39, 0.29) is 12.0 Å². The van der Waals surface area contributed by atoms with Gasteiger partial charge in [-0.15, -0.1) is 0 Å². The average Bonchev–Trinajstić information content (AvgIpc) is 3.29. The van der Waals surface area contributed by atoms with Gasteiger partial charge in [0.2, 0.25) is 11.9 Å². The zero-order valence-corrected chi connectivity index (χ0v) is 21.3. The van der Waals surface area contributed by atoms with Gasteiger partial charge in [-0.25, -0.2) is 19.9 Å². The lowest BCUT2D eigenvalue weighted by Gasteiger charge is -2.40. The zero-order chi connectivity index (χ0) is 25.4. The van der Waals surface area contributed by atoms with Gasteiger partial charge in [0.15, 0.2) is 0 Å². The number of carbonyl (C=O) groups excluding carboxylic acids is 1. The summed E-state index contributed by atoms with van der Waals surface area (Å²) in [5.74, 6) is 2.77. The molecule has 1 amide bonds. The first-order valence-corrected chi connectivity index (χ1v) is 13.1. The van der Waals surface area contributed by atoms with Crippen LogP contribution >= 0.6 is 0 Å². The Morgan fingerprint density at radius 1 is 1.03 bits per heavy atom. The first-order chi connectivity index (χ1) is 18.0. The molecule has 37 heavy (non-hydrogen) atoms. The molecule has 6 rings (SSSR count). The zero-order valence-electron chi connectivity index (χ0n) is 21.3. The molecule has 4 heterocycles. The molecule has 1 aliphatic heterocycles. The number of rotatable bonds is 6. The number of pyridine rings is 1. The van der Waals surface area contributed by atoms with E-state index in [4.69, 9.17) is 0 Å². The normalized spacial score (nSPS) is 17.5. The van der Waals surface area contributed by atoms with Gasteiger partial charge in [-0.05, 0) is 62.6 Å². The van der Waals surface area contributed by atoms with Crippen LogP contribution in [0.5, 0.6) is 0 Å². The summed E-state index contributed by atoms with van der Waals surface area (Å²) < 4.78 is 0.